The number of nitrogens with zero attached hydrogens (tertiary/aromatic N) is 1. The fraction of sp³-hybridized carbons (Fsp3) is 0.583. The van der Waals surface area contributed by atoms with Crippen LogP contribution in [0, 0.1) is 17.6 Å². The van der Waals surface area contributed by atoms with Crippen molar-refractivity contribution in [1.82, 2.24) is 4.98 Å². The highest BCUT2D eigenvalue weighted by Crippen LogP contribution is 2.22. The molecule has 3 nitrogen and oxygen atoms in total. The van der Waals surface area contributed by atoms with Crippen LogP contribution < -0.4 is 11.1 Å². The average Bonchev–Trinajstić information content (AvgIpc) is 2.21. The first kappa shape index (κ1) is 13.8. The van der Waals surface area contributed by atoms with Crippen LogP contribution in [-0.2, 0) is 0 Å². The molecule has 0 bridgehead atoms. The van der Waals surface area contributed by atoms with Gasteiger partial charge in [-0.1, -0.05) is 13.8 Å². The predicted molar refractivity (Wildman–Crippen MR) is 64.7 cm³/mol. The molecule has 0 radical (unpaired) electrons. The number of nitrogens with one attached hydrogen (secondary N) is 1. The van der Waals surface area contributed by atoms with Gasteiger partial charge in [0, 0.05) is 18.2 Å². The van der Waals surface area contributed by atoms with Gasteiger partial charge >= 0.3 is 0 Å². The molecular formula is C12H19F2N3. The molecule has 0 fully saturated rings. The number of hydrogen-bond donors (Lipinski definition) is 2. The number of halogens is 2. The third-order valence-electron chi connectivity index (χ3n) is 2.54. The Hall–Kier alpha value is -1.23. The molecule has 0 aliphatic rings. The van der Waals surface area contributed by atoms with Crippen LogP contribution >= 0.6 is 0 Å². The lowest BCUT2D eigenvalue weighted by atomic mass is 9.91. The highest BCUT2D eigenvalue weighted by molar-refractivity contribution is 5.39. The smallest absolute Gasteiger partial charge is 0.168 e. The lowest BCUT2D eigenvalue weighted by molar-refractivity contribution is 0.403. The minimum Gasteiger partial charge on any atom is -0.361 e. The van der Waals surface area contributed by atoms with E-state index >= 15 is 0 Å². The molecule has 1 aromatic heterocycles. The van der Waals surface area contributed by atoms with Gasteiger partial charge in [0.25, 0.3) is 0 Å². The molecule has 0 saturated carbocycles. The number of pyridine rings is 1. The Morgan fingerprint density at radius 2 is 2.12 bits per heavy atom. The van der Waals surface area contributed by atoms with Gasteiger partial charge in [0.15, 0.2) is 11.6 Å². The minimum atomic E-state index is -0.701. The molecule has 1 aromatic rings. The van der Waals surface area contributed by atoms with Gasteiger partial charge in [-0.05, 0) is 19.3 Å². The Morgan fingerprint density at radius 1 is 1.47 bits per heavy atom. The zero-order valence-electron chi connectivity index (χ0n) is 10.4. The standard InChI is InChI=1S/C12H19F2N3/c1-8(2)5-12(3,7-15)17-11-10(14)4-9(13)6-16-11/h4,6,8H,5,7,15H2,1-3H3,(H,16,17). The normalized spacial score (nSPS) is 14.8. The summed E-state index contributed by atoms with van der Waals surface area (Å²) in [5.41, 5.74) is 5.25. The zero-order valence-corrected chi connectivity index (χ0v) is 10.4. The third kappa shape index (κ3) is 3.93. The van der Waals surface area contributed by atoms with E-state index in [9.17, 15) is 8.78 Å². The van der Waals surface area contributed by atoms with Crippen LogP contribution in [0.1, 0.15) is 27.2 Å². The number of anilines is 1. The summed E-state index contributed by atoms with van der Waals surface area (Å²) in [6.45, 7) is 6.37. The van der Waals surface area contributed by atoms with E-state index in [1.54, 1.807) is 0 Å². The quantitative estimate of drug-likeness (QED) is 0.835. The van der Waals surface area contributed by atoms with Gasteiger partial charge in [0.1, 0.15) is 5.82 Å². The Balaban J connectivity index is 2.87. The highest BCUT2D eigenvalue weighted by atomic mass is 19.1. The Kier molecular flexibility index (Phi) is 4.40. The van der Waals surface area contributed by atoms with Crippen LogP contribution in [0.15, 0.2) is 12.3 Å². The van der Waals surface area contributed by atoms with Crippen molar-refractivity contribution < 1.29 is 8.78 Å². The summed E-state index contributed by atoms with van der Waals surface area (Å²) in [6, 6.07) is 0.807. The summed E-state index contributed by atoms with van der Waals surface area (Å²) in [6.07, 6.45) is 1.76. The number of nitrogens with two attached hydrogens (primary N) is 1. The van der Waals surface area contributed by atoms with Gasteiger partial charge in [-0.25, -0.2) is 13.8 Å². The van der Waals surface area contributed by atoms with E-state index in [2.05, 4.69) is 24.1 Å². The van der Waals surface area contributed by atoms with Crippen molar-refractivity contribution >= 4 is 5.82 Å². The van der Waals surface area contributed by atoms with Crippen LogP contribution in [0.4, 0.5) is 14.6 Å². The Labute approximate surface area is 100 Å². The van der Waals surface area contributed by atoms with E-state index in [1.807, 2.05) is 6.92 Å². The molecule has 3 N–H and O–H groups in total. The summed E-state index contributed by atoms with van der Waals surface area (Å²) in [5, 5.41) is 2.95. The van der Waals surface area contributed by atoms with Gasteiger partial charge < -0.3 is 11.1 Å². The van der Waals surface area contributed by atoms with Crippen molar-refractivity contribution in [2.75, 3.05) is 11.9 Å². The Morgan fingerprint density at radius 3 is 2.59 bits per heavy atom. The van der Waals surface area contributed by atoms with Crippen LogP contribution in [0.5, 0.6) is 0 Å². The molecule has 0 saturated heterocycles. The average molecular weight is 243 g/mol. The van der Waals surface area contributed by atoms with Crippen LogP contribution in [0.3, 0.4) is 0 Å². The first-order valence-electron chi connectivity index (χ1n) is 5.65. The van der Waals surface area contributed by atoms with Crippen LogP contribution in [0.25, 0.3) is 0 Å². The SMILES string of the molecule is CC(C)CC(C)(CN)Nc1ncc(F)cc1F. The molecule has 1 unspecified atom stereocenters. The van der Waals surface area contributed by atoms with E-state index in [0.717, 1.165) is 18.7 Å². The third-order valence-corrected chi connectivity index (χ3v) is 2.54. The van der Waals surface area contributed by atoms with Gasteiger partial charge in [-0.3, -0.25) is 0 Å². The molecule has 0 aliphatic carbocycles. The van der Waals surface area contributed by atoms with Crippen LogP contribution in [0.2, 0.25) is 0 Å². The van der Waals surface area contributed by atoms with Gasteiger partial charge in [0.2, 0.25) is 0 Å². The first-order valence-corrected chi connectivity index (χ1v) is 5.65. The molecule has 0 aliphatic heterocycles. The lowest BCUT2D eigenvalue weighted by Gasteiger charge is -2.31. The molecule has 1 heterocycles. The molecule has 96 valence electrons. The summed E-state index contributed by atoms with van der Waals surface area (Å²) >= 11 is 0. The molecule has 0 amide bonds. The van der Waals surface area contributed by atoms with Crippen molar-refractivity contribution in [3.8, 4) is 0 Å². The molecule has 17 heavy (non-hydrogen) atoms. The topological polar surface area (TPSA) is 50.9 Å². The number of rotatable bonds is 5. The lowest BCUT2D eigenvalue weighted by Crippen LogP contribution is -2.44. The van der Waals surface area contributed by atoms with Gasteiger partial charge in [-0.2, -0.15) is 0 Å². The van der Waals surface area contributed by atoms with E-state index in [4.69, 9.17) is 5.73 Å². The molecule has 5 heteroatoms. The summed E-state index contributed by atoms with van der Waals surface area (Å²) in [4.78, 5) is 3.70. The van der Waals surface area contributed by atoms with E-state index in [0.29, 0.717) is 12.5 Å². The van der Waals surface area contributed by atoms with Gasteiger partial charge in [0.05, 0.1) is 6.20 Å². The maximum absolute atomic E-state index is 13.4. The highest BCUT2D eigenvalue weighted by Gasteiger charge is 2.25. The second-order valence-corrected chi connectivity index (χ2v) is 4.97. The maximum Gasteiger partial charge on any atom is 0.168 e. The maximum atomic E-state index is 13.4. The Bertz CT molecular complexity index is 382. The summed E-state index contributed by atoms with van der Waals surface area (Å²) < 4.78 is 26.2. The van der Waals surface area contributed by atoms with Crippen molar-refractivity contribution in [2.45, 2.75) is 32.7 Å². The van der Waals surface area contributed by atoms with E-state index < -0.39 is 17.2 Å². The van der Waals surface area contributed by atoms with Crippen molar-refractivity contribution in [1.29, 1.82) is 0 Å². The fourth-order valence-electron chi connectivity index (χ4n) is 1.88. The number of aromatic nitrogens is 1. The second-order valence-electron chi connectivity index (χ2n) is 4.97. The summed E-state index contributed by atoms with van der Waals surface area (Å²) in [5.74, 6) is -0.931. The largest absolute Gasteiger partial charge is 0.361 e. The predicted octanol–water partition coefficient (Wildman–Crippen LogP) is 2.54. The van der Waals surface area contributed by atoms with Crippen molar-refractivity contribution in [3.63, 3.8) is 0 Å². The molecule has 1 rings (SSSR count). The van der Waals surface area contributed by atoms with E-state index in [1.165, 1.54) is 0 Å². The molecule has 0 aromatic carbocycles. The van der Waals surface area contributed by atoms with Crippen LogP contribution in [-0.4, -0.2) is 17.1 Å². The van der Waals surface area contributed by atoms with Gasteiger partial charge in [-0.15, -0.1) is 0 Å². The first-order chi connectivity index (χ1) is 7.86. The van der Waals surface area contributed by atoms with Crippen molar-refractivity contribution in [3.05, 3.63) is 23.9 Å². The monoisotopic (exact) mass is 243 g/mol. The number of hydrogen-bond acceptors (Lipinski definition) is 3. The molecule has 1 atom stereocenters. The second kappa shape index (κ2) is 5.40. The fourth-order valence-corrected chi connectivity index (χ4v) is 1.88. The van der Waals surface area contributed by atoms with E-state index in [-0.39, 0.29) is 5.82 Å². The zero-order chi connectivity index (χ0) is 13.1. The summed E-state index contributed by atoms with van der Waals surface area (Å²) in [7, 11) is 0. The minimum absolute atomic E-state index is 0.0417. The molecule has 0 spiro atoms. The van der Waals surface area contributed by atoms with Crippen molar-refractivity contribution in [2.24, 2.45) is 11.7 Å². The molecular weight excluding hydrogens is 224 g/mol.